The van der Waals surface area contributed by atoms with E-state index in [1.165, 1.54) is 0 Å². The first-order valence-electron chi connectivity index (χ1n) is 6.89. The highest BCUT2D eigenvalue weighted by atomic mass is 35.5. The van der Waals surface area contributed by atoms with Crippen LogP contribution in [0, 0.1) is 11.8 Å². The van der Waals surface area contributed by atoms with Crippen molar-refractivity contribution in [2.24, 2.45) is 11.8 Å². The molecule has 2 heterocycles. The van der Waals surface area contributed by atoms with Gasteiger partial charge in [-0.15, -0.1) is 11.6 Å². The van der Waals surface area contributed by atoms with Gasteiger partial charge >= 0.3 is 5.97 Å². The predicted molar refractivity (Wildman–Crippen MR) is 69.8 cm³/mol. The SMILES string of the molecule is C[C@@H]1CC2(C[C@H]3COC(=O)/C3=C/C[C@H]1Cl)OCCO2. The van der Waals surface area contributed by atoms with Crippen molar-refractivity contribution in [1.82, 2.24) is 0 Å². The molecule has 106 valence electrons. The lowest BCUT2D eigenvalue weighted by molar-refractivity contribution is -0.179. The van der Waals surface area contributed by atoms with Crippen LogP contribution >= 0.6 is 11.6 Å². The van der Waals surface area contributed by atoms with Crippen molar-refractivity contribution >= 4 is 17.6 Å². The normalized spacial score (nSPS) is 40.8. The molecular formula is C14H19ClO4. The van der Waals surface area contributed by atoms with Gasteiger partial charge in [0.2, 0.25) is 0 Å². The van der Waals surface area contributed by atoms with E-state index in [4.69, 9.17) is 25.8 Å². The summed E-state index contributed by atoms with van der Waals surface area (Å²) in [5.74, 6) is -0.447. The molecule has 2 aliphatic heterocycles. The topological polar surface area (TPSA) is 44.8 Å². The Balaban J connectivity index is 1.90. The van der Waals surface area contributed by atoms with Crippen LogP contribution in [-0.2, 0) is 19.0 Å². The van der Waals surface area contributed by atoms with Gasteiger partial charge in [0.05, 0.1) is 19.8 Å². The average Bonchev–Trinajstić information content (AvgIpc) is 2.96. The molecule has 0 aromatic rings. The average molecular weight is 287 g/mol. The first kappa shape index (κ1) is 13.4. The van der Waals surface area contributed by atoms with Gasteiger partial charge in [-0.05, 0) is 12.3 Å². The van der Waals surface area contributed by atoms with Crippen molar-refractivity contribution in [2.75, 3.05) is 19.8 Å². The van der Waals surface area contributed by atoms with E-state index in [9.17, 15) is 4.79 Å². The number of carbonyl (C=O) groups is 1. The zero-order valence-electron chi connectivity index (χ0n) is 11.1. The van der Waals surface area contributed by atoms with E-state index >= 15 is 0 Å². The van der Waals surface area contributed by atoms with Crippen LogP contribution in [0.2, 0.25) is 0 Å². The third-order valence-corrected chi connectivity index (χ3v) is 4.88. The summed E-state index contributed by atoms with van der Waals surface area (Å²) in [6, 6.07) is 0. The van der Waals surface area contributed by atoms with Gasteiger partial charge in [-0.3, -0.25) is 0 Å². The fourth-order valence-electron chi connectivity index (χ4n) is 3.22. The van der Waals surface area contributed by atoms with E-state index in [0.717, 1.165) is 12.0 Å². The monoisotopic (exact) mass is 286 g/mol. The standard InChI is InChI=1S/C14H19ClO4/c1-9-6-14(18-4-5-19-14)7-10-8-17-13(16)11(10)2-3-12(9)15/h2,9-10,12H,3-8H2,1H3/b11-2+/t9-,10+,12-/m1/s1. The van der Waals surface area contributed by atoms with Crippen molar-refractivity contribution in [3.05, 3.63) is 11.6 Å². The van der Waals surface area contributed by atoms with Crippen LogP contribution in [0.4, 0.5) is 0 Å². The number of fused-ring (bicyclic) bond motifs is 1. The van der Waals surface area contributed by atoms with Crippen molar-refractivity contribution < 1.29 is 19.0 Å². The van der Waals surface area contributed by atoms with Gasteiger partial charge in [-0.2, -0.15) is 0 Å². The molecule has 5 heteroatoms. The van der Waals surface area contributed by atoms with Crippen LogP contribution in [0.1, 0.15) is 26.2 Å². The second-order valence-electron chi connectivity index (χ2n) is 5.70. The number of alkyl halides is 1. The largest absolute Gasteiger partial charge is 0.462 e. The Bertz CT molecular complexity index is 400. The highest BCUT2D eigenvalue weighted by molar-refractivity contribution is 6.20. The van der Waals surface area contributed by atoms with Crippen LogP contribution in [0.3, 0.4) is 0 Å². The number of hydrogen-bond acceptors (Lipinski definition) is 4. The Kier molecular flexibility index (Phi) is 3.58. The summed E-state index contributed by atoms with van der Waals surface area (Å²) in [5.41, 5.74) is 0.748. The second-order valence-corrected chi connectivity index (χ2v) is 6.26. The van der Waals surface area contributed by atoms with E-state index in [2.05, 4.69) is 6.92 Å². The summed E-state index contributed by atoms with van der Waals surface area (Å²) in [7, 11) is 0. The predicted octanol–water partition coefficient (Wildman–Crippen LogP) is 2.26. The Labute approximate surface area is 118 Å². The maximum absolute atomic E-state index is 11.8. The minimum Gasteiger partial charge on any atom is -0.462 e. The quantitative estimate of drug-likeness (QED) is 0.506. The summed E-state index contributed by atoms with van der Waals surface area (Å²) in [4.78, 5) is 11.8. The highest BCUT2D eigenvalue weighted by Crippen LogP contribution is 2.41. The summed E-state index contributed by atoms with van der Waals surface area (Å²) < 4.78 is 16.9. The van der Waals surface area contributed by atoms with Gasteiger partial charge in [-0.1, -0.05) is 13.0 Å². The second kappa shape index (κ2) is 5.08. The molecule has 0 radical (unpaired) electrons. The fraction of sp³-hybridized carbons (Fsp3) is 0.786. The third kappa shape index (κ3) is 2.54. The Hall–Kier alpha value is -0.580. The Morgan fingerprint density at radius 2 is 2.05 bits per heavy atom. The van der Waals surface area contributed by atoms with Crippen molar-refractivity contribution in [3.8, 4) is 0 Å². The van der Waals surface area contributed by atoms with E-state index in [-0.39, 0.29) is 23.2 Å². The van der Waals surface area contributed by atoms with Gasteiger partial charge < -0.3 is 14.2 Å². The van der Waals surface area contributed by atoms with Crippen LogP contribution in [-0.4, -0.2) is 37.0 Å². The molecule has 4 nitrogen and oxygen atoms in total. The molecule has 0 aromatic heterocycles. The smallest absolute Gasteiger partial charge is 0.334 e. The molecule has 1 aliphatic carbocycles. The minimum atomic E-state index is -0.589. The summed E-state index contributed by atoms with van der Waals surface area (Å²) in [6.07, 6.45) is 4.09. The van der Waals surface area contributed by atoms with E-state index in [0.29, 0.717) is 32.7 Å². The third-order valence-electron chi connectivity index (χ3n) is 4.28. The van der Waals surface area contributed by atoms with E-state index < -0.39 is 5.79 Å². The molecule has 3 rings (SSSR count). The molecule has 19 heavy (non-hydrogen) atoms. The van der Waals surface area contributed by atoms with Crippen molar-refractivity contribution in [2.45, 2.75) is 37.4 Å². The molecule has 2 fully saturated rings. The Morgan fingerprint density at radius 3 is 2.79 bits per heavy atom. The first-order valence-corrected chi connectivity index (χ1v) is 7.32. The molecule has 0 saturated carbocycles. The van der Waals surface area contributed by atoms with Crippen molar-refractivity contribution in [1.29, 1.82) is 0 Å². The van der Waals surface area contributed by atoms with Crippen LogP contribution < -0.4 is 0 Å². The van der Waals surface area contributed by atoms with E-state index in [1.807, 2.05) is 6.08 Å². The summed E-state index contributed by atoms with van der Waals surface area (Å²) in [6.45, 7) is 3.77. The minimum absolute atomic E-state index is 0.00988. The van der Waals surface area contributed by atoms with Gasteiger partial charge in [-0.25, -0.2) is 4.79 Å². The number of halogens is 1. The molecule has 0 N–H and O–H groups in total. The lowest BCUT2D eigenvalue weighted by Crippen LogP contribution is -2.36. The van der Waals surface area contributed by atoms with Gasteiger partial charge in [0.1, 0.15) is 0 Å². The molecule has 3 aliphatic rings. The lowest BCUT2D eigenvalue weighted by atomic mass is 9.89. The molecule has 3 atom stereocenters. The maximum Gasteiger partial charge on any atom is 0.334 e. The number of carbonyl (C=O) groups excluding carboxylic acids is 1. The molecule has 1 spiro atoms. The molecule has 2 saturated heterocycles. The van der Waals surface area contributed by atoms with Gasteiger partial charge in [0.25, 0.3) is 0 Å². The van der Waals surface area contributed by atoms with Crippen LogP contribution in [0.15, 0.2) is 11.6 Å². The number of cyclic esters (lactones) is 1. The Morgan fingerprint density at radius 1 is 1.32 bits per heavy atom. The molecule has 0 unspecified atom stereocenters. The number of hydrogen-bond donors (Lipinski definition) is 0. The number of allylic oxidation sites excluding steroid dienone is 1. The number of esters is 1. The molecule has 0 amide bonds. The van der Waals surface area contributed by atoms with Gasteiger partial charge in [0, 0.05) is 29.7 Å². The van der Waals surface area contributed by atoms with Crippen LogP contribution in [0.25, 0.3) is 0 Å². The summed E-state index contributed by atoms with van der Waals surface area (Å²) >= 11 is 6.41. The van der Waals surface area contributed by atoms with Gasteiger partial charge in [0.15, 0.2) is 5.79 Å². The summed E-state index contributed by atoms with van der Waals surface area (Å²) in [5, 5.41) is -0.00988. The number of ether oxygens (including phenoxy) is 3. The zero-order valence-corrected chi connectivity index (χ0v) is 11.8. The number of rotatable bonds is 0. The highest BCUT2D eigenvalue weighted by Gasteiger charge is 2.45. The zero-order chi connectivity index (χ0) is 13.5. The molecular weight excluding hydrogens is 268 g/mol. The molecule has 0 aromatic carbocycles. The fourth-order valence-corrected chi connectivity index (χ4v) is 3.39. The van der Waals surface area contributed by atoms with Crippen molar-refractivity contribution in [3.63, 3.8) is 0 Å². The molecule has 0 bridgehead atoms. The van der Waals surface area contributed by atoms with E-state index in [1.54, 1.807) is 0 Å². The lowest BCUT2D eigenvalue weighted by Gasteiger charge is -2.32. The van der Waals surface area contributed by atoms with Crippen LogP contribution in [0.5, 0.6) is 0 Å². The maximum atomic E-state index is 11.8. The first-order chi connectivity index (χ1) is 9.10.